The zero-order chi connectivity index (χ0) is 13.1. The maximum Gasteiger partial charge on any atom is 0.319 e. The Morgan fingerprint density at radius 3 is 2.61 bits per heavy atom. The van der Waals surface area contributed by atoms with Crippen molar-refractivity contribution in [3.8, 4) is 0 Å². The lowest BCUT2D eigenvalue weighted by Gasteiger charge is -2.09. The van der Waals surface area contributed by atoms with Crippen LogP contribution >= 0.6 is 0 Å². The number of amides is 3. The van der Waals surface area contributed by atoms with E-state index in [-0.39, 0.29) is 23.7 Å². The van der Waals surface area contributed by atoms with Crippen molar-refractivity contribution in [2.24, 2.45) is 0 Å². The molecule has 0 spiro atoms. The van der Waals surface area contributed by atoms with Gasteiger partial charge in [-0.3, -0.25) is 4.79 Å². The van der Waals surface area contributed by atoms with Crippen molar-refractivity contribution in [3.63, 3.8) is 0 Å². The van der Waals surface area contributed by atoms with Gasteiger partial charge in [0.05, 0.1) is 5.69 Å². The summed E-state index contributed by atoms with van der Waals surface area (Å²) in [5.74, 6) is -0.910. The molecular weight excluding hydrogens is 237 g/mol. The SMILES string of the molecule is CC(=O)Nc1cc(NC(=O)NC2CC2)ccc1F. The maximum absolute atomic E-state index is 13.3. The summed E-state index contributed by atoms with van der Waals surface area (Å²) in [5, 5.41) is 7.69. The van der Waals surface area contributed by atoms with E-state index >= 15 is 0 Å². The van der Waals surface area contributed by atoms with Crippen molar-refractivity contribution in [3.05, 3.63) is 24.0 Å². The number of hydrogen-bond acceptors (Lipinski definition) is 2. The Kier molecular flexibility index (Phi) is 3.45. The molecule has 5 nitrogen and oxygen atoms in total. The maximum atomic E-state index is 13.3. The van der Waals surface area contributed by atoms with Crippen LogP contribution in [0.2, 0.25) is 0 Å². The molecule has 3 amide bonds. The minimum absolute atomic E-state index is 0.0479. The Balaban J connectivity index is 2.03. The molecule has 0 heterocycles. The molecule has 0 saturated heterocycles. The highest BCUT2D eigenvalue weighted by Gasteiger charge is 2.23. The first-order valence-corrected chi connectivity index (χ1v) is 5.69. The van der Waals surface area contributed by atoms with Crippen LogP contribution in [0.4, 0.5) is 20.6 Å². The molecule has 1 aromatic carbocycles. The predicted molar refractivity (Wildman–Crippen MR) is 65.9 cm³/mol. The van der Waals surface area contributed by atoms with Gasteiger partial charge in [0.2, 0.25) is 5.91 Å². The number of rotatable bonds is 3. The van der Waals surface area contributed by atoms with Crippen LogP contribution in [-0.2, 0) is 4.79 Å². The van der Waals surface area contributed by atoms with Crippen molar-refractivity contribution in [2.75, 3.05) is 10.6 Å². The zero-order valence-corrected chi connectivity index (χ0v) is 9.92. The first kappa shape index (κ1) is 12.3. The summed E-state index contributed by atoms with van der Waals surface area (Å²) in [4.78, 5) is 22.4. The molecular formula is C12H14FN3O2. The van der Waals surface area contributed by atoms with E-state index in [1.807, 2.05) is 0 Å². The summed E-state index contributed by atoms with van der Waals surface area (Å²) >= 11 is 0. The third-order valence-corrected chi connectivity index (χ3v) is 2.45. The van der Waals surface area contributed by atoms with Crippen molar-refractivity contribution in [1.29, 1.82) is 0 Å². The second kappa shape index (κ2) is 5.03. The minimum atomic E-state index is -0.543. The van der Waals surface area contributed by atoms with Gasteiger partial charge in [-0.25, -0.2) is 9.18 Å². The Labute approximate surface area is 104 Å². The van der Waals surface area contributed by atoms with Gasteiger partial charge in [0.25, 0.3) is 0 Å². The second-order valence-electron chi connectivity index (χ2n) is 4.25. The molecule has 1 aromatic rings. The molecule has 0 bridgehead atoms. The van der Waals surface area contributed by atoms with E-state index in [4.69, 9.17) is 0 Å². The van der Waals surface area contributed by atoms with Crippen molar-refractivity contribution in [1.82, 2.24) is 5.32 Å². The number of carbonyl (C=O) groups is 2. The average Bonchev–Trinajstić information content (AvgIpc) is 3.06. The molecule has 1 saturated carbocycles. The lowest BCUT2D eigenvalue weighted by molar-refractivity contribution is -0.114. The topological polar surface area (TPSA) is 70.2 Å². The summed E-state index contributed by atoms with van der Waals surface area (Å²) in [6, 6.07) is 3.94. The smallest absolute Gasteiger partial charge is 0.319 e. The summed E-state index contributed by atoms with van der Waals surface area (Å²) < 4.78 is 13.3. The van der Waals surface area contributed by atoms with Crippen molar-refractivity contribution in [2.45, 2.75) is 25.8 Å². The Bertz CT molecular complexity index is 486. The Hall–Kier alpha value is -2.11. The summed E-state index contributed by atoms with van der Waals surface area (Å²) in [6.07, 6.45) is 1.99. The average molecular weight is 251 g/mol. The van der Waals surface area contributed by atoms with Gasteiger partial charge in [-0.05, 0) is 31.0 Å². The number of benzene rings is 1. The third-order valence-electron chi connectivity index (χ3n) is 2.45. The van der Waals surface area contributed by atoms with E-state index in [1.54, 1.807) is 0 Å². The van der Waals surface area contributed by atoms with E-state index in [2.05, 4.69) is 16.0 Å². The highest BCUT2D eigenvalue weighted by molar-refractivity contribution is 5.92. The monoisotopic (exact) mass is 251 g/mol. The normalized spacial score (nSPS) is 13.9. The highest BCUT2D eigenvalue weighted by atomic mass is 19.1. The molecule has 18 heavy (non-hydrogen) atoms. The molecule has 96 valence electrons. The number of anilines is 2. The van der Waals surface area contributed by atoms with Gasteiger partial charge in [-0.15, -0.1) is 0 Å². The van der Waals surface area contributed by atoms with Crippen LogP contribution in [0.15, 0.2) is 18.2 Å². The van der Waals surface area contributed by atoms with Crippen molar-refractivity contribution < 1.29 is 14.0 Å². The molecule has 0 radical (unpaired) electrons. The van der Waals surface area contributed by atoms with Gasteiger partial charge in [-0.2, -0.15) is 0 Å². The molecule has 1 aliphatic carbocycles. The number of nitrogens with one attached hydrogen (secondary N) is 3. The number of carbonyl (C=O) groups excluding carboxylic acids is 2. The fourth-order valence-electron chi connectivity index (χ4n) is 1.47. The van der Waals surface area contributed by atoms with Gasteiger partial charge in [0.15, 0.2) is 0 Å². The molecule has 0 aromatic heterocycles. The number of halogens is 1. The van der Waals surface area contributed by atoms with Crippen LogP contribution in [0.25, 0.3) is 0 Å². The first-order chi connectivity index (χ1) is 8.54. The van der Waals surface area contributed by atoms with E-state index in [0.717, 1.165) is 12.8 Å². The summed E-state index contributed by atoms with van der Waals surface area (Å²) in [5.41, 5.74) is 0.477. The van der Waals surface area contributed by atoms with Crippen LogP contribution < -0.4 is 16.0 Å². The molecule has 0 atom stereocenters. The van der Waals surface area contributed by atoms with Gasteiger partial charge in [0, 0.05) is 18.7 Å². The first-order valence-electron chi connectivity index (χ1n) is 5.69. The lowest BCUT2D eigenvalue weighted by atomic mass is 10.2. The predicted octanol–water partition coefficient (Wildman–Crippen LogP) is 2.07. The lowest BCUT2D eigenvalue weighted by Crippen LogP contribution is -2.30. The van der Waals surface area contributed by atoms with Crippen LogP contribution in [0.3, 0.4) is 0 Å². The van der Waals surface area contributed by atoms with E-state index in [9.17, 15) is 14.0 Å². The second-order valence-corrected chi connectivity index (χ2v) is 4.25. The van der Waals surface area contributed by atoms with Gasteiger partial charge in [-0.1, -0.05) is 0 Å². The van der Waals surface area contributed by atoms with Gasteiger partial charge >= 0.3 is 6.03 Å². The molecule has 0 unspecified atom stereocenters. The van der Waals surface area contributed by atoms with Crippen LogP contribution in [0.5, 0.6) is 0 Å². The Morgan fingerprint density at radius 2 is 2.00 bits per heavy atom. The third kappa shape index (κ3) is 3.44. The van der Waals surface area contributed by atoms with Gasteiger partial charge in [0.1, 0.15) is 5.82 Å². The fourth-order valence-corrected chi connectivity index (χ4v) is 1.47. The number of hydrogen-bond donors (Lipinski definition) is 3. The quantitative estimate of drug-likeness (QED) is 0.769. The van der Waals surface area contributed by atoms with E-state index in [0.29, 0.717) is 5.69 Å². The molecule has 0 aliphatic heterocycles. The highest BCUT2D eigenvalue weighted by Crippen LogP contribution is 2.21. The van der Waals surface area contributed by atoms with Crippen LogP contribution in [-0.4, -0.2) is 18.0 Å². The zero-order valence-electron chi connectivity index (χ0n) is 9.92. The summed E-state index contributed by atoms with van der Waals surface area (Å²) in [7, 11) is 0. The van der Waals surface area contributed by atoms with Crippen LogP contribution in [0.1, 0.15) is 19.8 Å². The van der Waals surface area contributed by atoms with E-state index < -0.39 is 5.82 Å². The molecule has 1 aliphatic rings. The van der Waals surface area contributed by atoms with E-state index in [1.165, 1.54) is 25.1 Å². The van der Waals surface area contributed by atoms with Gasteiger partial charge < -0.3 is 16.0 Å². The molecule has 6 heteroatoms. The fraction of sp³-hybridized carbons (Fsp3) is 0.333. The largest absolute Gasteiger partial charge is 0.335 e. The number of urea groups is 1. The molecule has 2 rings (SSSR count). The minimum Gasteiger partial charge on any atom is -0.335 e. The molecule has 1 fully saturated rings. The van der Waals surface area contributed by atoms with Crippen LogP contribution in [0, 0.1) is 5.82 Å². The molecule has 3 N–H and O–H groups in total. The Morgan fingerprint density at radius 1 is 1.28 bits per heavy atom. The standard InChI is InChI=1S/C12H14FN3O2/c1-7(17)14-11-6-9(4-5-10(11)13)16-12(18)15-8-2-3-8/h4-6,8H,2-3H2,1H3,(H,14,17)(H2,15,16,18). The van der Waals surface area contributed by atoms with Crippen molar-refractivity contribution >= 4 is 23.3 Å². The summed E-state index contributed by atoms with van der Waals surface area (Å²) in [6.45, 7) is 1.29.